The lowest BCUT2D eigenvalue weighted by Gasteiger charge is -2.36. The molecule has 1 N–H and O–H groups in total. The van der Waals surface area contributed by atoms with Crippen LogP contribution in [0, 0.1) is 17.8 Å². The number of rotatable bonds is 9. The maximum atomic E-state index is 14.2. The van der Waals surface area contributed by atoms with E-state index in [0.29, 0.717) is 64.9 Å². The molecule has 0 saturated carbocycles. The van der Waals surface area contributed by atoms with Crippen LogP contribution >= 0.6 is 11.6 Å². The first-order chi connectivity index (χ1) is 22.4. The zero-order chi connectivity index (χ0) is 33.9. The van der Waals surface area contributed by atoms with Gasteiger partial charge in [0.05, 0.1) is 17.3 Å². The number of carboxylic acids is 1. The molecule has 7 nitrogen and oxygen atoms in total. The molecule has 0 bridgehead atoms. The number of carboxylic acid groups (broad SMARTS) is 1. The Labute approximate surface area is 278 Å². The van der Waals surface area contributed by atoms with E-state index in [1.807, 2.05) is 50.0 Å². The first-order valence-electron chi connectivity index (χ1n) is 16.2. The van der Waals surface area contributed by atoms with Crippen LogP contribution in [0.2, 0.25) is 0 Å². The molecule has 1 aromatic heterocycles. The van der Waals surface area contributed by atoms with Gasteiger partial charge in [-0.3, -0.25) is 4.79 Å². The van der Waals surface area contributed by atoms with Gasteiger partial charge in [-0.15, -0.1) is 11.6 Å². The highest BCUT2D eigenvalue weighted by atomic mass is 35.5. The summed E-state index contributed by atoms with van der Waals surface area (Å²) >= 11 is 6.57. The smallest absolute Gasteiger partial charge is 0.434 e. The molecule has 1 aliphatic heterocycles. The number of likely N-dealkylation sites (tertiary alicyclic amines) is 1. The Bertz CT molecular complexity index is 1600. The Hall–Kier alpha value is -3.79. The maximum absolute atomic E-state index is 14.2. The number of carbonyl (C=O) groups is 2. The summed E-state index contributed by atoms with van der Waals surface area (Å²) in [4.78, 5) is 26.0. The van der Waals surface area contributed by atoms with E-state index in [9.17, 15) is 27.9 Å². The van der Waals surface area contributed by atoms with Gasteiger partial charge in [-0.2, -0.15) is 18.3 Å². The zero-order valence-electron chi connectivity index (χ0n) is 26.9. The van der Waals surface area contributed by atoms with Gasteiger partial charge in [0.25, 0.3) is 0 Å². The van der Waals surface area contributed by atoms with Crippen molar-refractivity contribution in [2.24, 2.45) is 17.8 Å². The lowest BCUT2D eigenvalue weighted by atomic mass is 9.79. The zero-order valence-corrected chi connectivity index (χ0v) is 27.7. The molecule has 47 heavy (non-hydrogen) atoms. The monoisotopic (exact) mass is 671 g/mol. The van der Waals surface area contributed by atoms with Crippen LogP contribution in [0.5, 0.6) is 0 Å². The Kier molecular flexibility index (Phi) is 10.7. The second-order valence-electron chi connectivity index (χ2n) is 12.6. The number of aromatic carboxylic acids is 1. The fourth-order valence-electron chi connectivity index (χ4n) is 6.76. The van der Waals surface area contributed by atoms with E-state index in [2.05, 4.69) is 23.3 Å². The van der Waals surface area contributed by atoms with E-state index in [-0.39, 0.29) is 22.9 Å². The van der Waals surface area contributed by atoms with Crippen LogP contribution in [0.1, 0.15) is 75.3 Å². The van der Waals surface area contributed by atoms with Gasteiger partial charge in [0.2, 0.25) is 5.91 Å². The number of amides is 1. The van der Waals surface area contributed by atoms with Crippen LogP contribution in [-0.2, 0) is 15.7 Å². The molecule has 4 aliphatic rings. The minimum absolute atomic E-state index is 0.0178. The SMILES string of the molecule is CCC1=C(C2=CC(Cl)CC=C2OCC2=CCC(C3CCN(C(=O)C(C)C)CC3)C=C2)C=CCC=C1n1ncc(C(=O)O)c1C(F)(F)F. The van der Waals surface area contributed by atoms with Crippen molar-refractivity contribution < 1.29 is 32.6 Å². The normalized spacial score (nSPS) is 22.5. The number of nitrogens with zero attached hydrogens (tertiary/aromatic N) is 3. The Morgan fingerprint density at radius 2 is 1.87 bits per heavy atom. The summed E-state index contributed by atoms with van der Waals surface area (Å²) in [6.45, 7) is 7.64. The van der Waals surface area contributed by atoms with Gasteiger partial charge in [-0.05, 0) is 73.2 Å². The molecule has 0 aromatic carbocycles. The van der Waals surface area contributed by atoms with Crippen molar-refractivity contribution in [2.75, 3.05) is 19.7 Å². The third-order valence-corrected chi connectivity index (χ3v) is 9.51. The summed E-state index contributed by atoms with van der Waals surface area (Å²) in [5, 5.41) is 13.0. The van der Waals surface area contributed by atoms with Crippen molar-refractivity contribution in [3.05, 3.63) is 94.1 Å². The summed E-state index contributed by atoms with van der Waals surface area (Å²) in [7, 11) is 0. The minimum Gasteiger partial charge on any atom is -0.489 e. The van der Waals surface area contributed by atoms with Crippen molar-refractivity contribution in [3.63, 3.8) is 0 Å². The van der Waals surface area contributed by atoms with Crippen LogP contribution in [0.3, 0.4) is 0 Å². The third-order valence-electron chi connectivity index (χ3n) is 9.20. The molecule has 11 heteroatoms. The molecule has 1 fully saturated rings. The average Bonchev–Trinajstić information content (AvgIpc) is 3.40. The molecular formula is C36H41ClF3N3O4. The number of allylic oxidation sites excluding steroid dienone is 10. The second-order valence-corrected chi connectivity index (χ2v) is 13.2. The molecular weight excluding hydrogens is 631 g/mol. The summed E-state index contributed by atoms with van der Waals surface area (Å²) < 4.78 is 49.6. The molecule has 0 spiro atoms. The van der Waals surface area contributed by atoms with Crippen molar-refractivity contribution >= 4 is 29.2 Å². The fraction of sp³-hybridized carbons (Fsp3) is 0.472. The van der Waals surface area contributed by atoms with Crippen molar-refractivity contribution in [1.82, 2.24) is 14.7 Å². The quantitative estimate of drug-likeness (QED) is 0.267. The lowest BCUT2D eigenvalue weighted by Crippen LogP contribution is -2.41. The molecule has 2 heterocycles. The van der Waals surface area contributed by atoms with E-state index < -0.39 is 23.4 Å². The summed E-state index contributed by atoms with van der Waals surface area (Å²) in [5.74, 6) is 0.0823. The molecule has 1 saturated heterocycles. The number of hydrogen-bond acceptors (Lipinski definition) is 4. The Morgan fingerprint density at radius 3 is 2.49 bits per heavy atom. The molecule has 252 valence electrons. The average molecular weight is 672 g/mol. The van der Waals surface area contributed by atoms with Gasteiger partial charge >= 0.3 is 12.1 Å². The minimum atomic E-state index is -4.94. The molecule has 0 radical (unpaired) electrons. The third kappa shape index (κ3) is 7.69. The van der Waals surface area contributed by atoms with E-state index in [0.717, 1.165) is 44.1 Å². The van der Waals surface area contributed by atoms with Crippen molar-refractivity contribution in [1.29, 1.82) is 0 Å². The van der Waals surface area contributed by atoms with Crippen LogP contribution < -0.4 is 0 Å². The van der Waals surface area contributed by atoms with Gasteiger partial charge in [-0.1, -0.05) is 63.3 Å². The van der Waals surface area contributed by atoms with Crippen LogP contribution in [0.4, 0.5) is 13.2 Å². The van der Waals surface area contributed by atoms with Crippen LogP contribution in [0.25, 0.3) is 5.70 Å². The van der Waals surface area contributed by atoms with Gasteiger partial charge < -0.3 is 14.7 Å². The van der Waals surface area contributed by atoms with Crippen molar-refractivity contribution in [3.8, 4) is 0 Å². The number of halogens is 4. The van der Waals surface area contributed by atoms with Crippen LogP contribution in [-0.4, -0.2) is 56.7 Å². The van der Waals surface area contributed by atoms with Gasteiger partial charge in [0.1, 0.15) is 17.9 Å². The predicted octanol–water partition coefficient (Wildman–Crippen LogP) is 8.34. The standard InChI is InChI=1S/C36H41ClF3N3O4/c1-4-27-28(7-5-6-8-31(27)43-33(36(38,39)40)30(20-41-43)35(45)46)29-19-26(37)13-14-32(29)47-21-23-9-11-24(12-10-23)25-15-17-42(18-16-25)34(44)22(2)3/h5,7-11,14,19-20,22,24-26H,4,6,12-13,15-18,21H2,1-3H3,(H,45,46). The highest BCUT2D eigenvalue weighted by Crippen LogP contribution is 2.40. The number of aromatic nitrogens is 2. The second kappa shape index (κ2) is 14.5. The summed E-state index contributed by atoms with van der Waals surface area (Å²) in [6.07, 6.45) is 15.6. The molecule has 1 amide bonds. The lowest BCUT2D eigenvalue weighted by molar-refractivity contribution is -0.143. The highest BCUT2D eigenvalue weighted by molar-refractivity contribution is 6.22. The Morgan fingerprint density at radius 1 is 1.13 bits per heavy atom. The molecule has 3 aliphatic carbocycles. The fourth-order valence-corrected chi connectivity index (χ4v) is 6.97. The molecule has 5 rings (SSSR count). The largest absolute Gasteiger partial charge is 0.489 e. The van der Waals surface area contributed by atoms with Gasteiger partial charge in [0.15, 0.2) is 5.69 Å². The number of hydrogen-bond donors (Lipinski definition) is 1. The number of alkyl halides is 4. The molecule has 2 atom stereocenters. The topological polar surface area (TPSA) is 84.7 Å². The number of ether oxygens (including phenoxy) is 1. The molecule has 1 aromatic rings. The van der Waals surface area contributed by atoms with E-state index in [1.165, 1.54) is 0 Å². The van der Waals surface area contributed by atoms with Gasteiger partial charge in [-0.25, -0.2) is 9.48 Å². The summed E-state index contributed by atoms with van der Waals surface area (Å²) in [6, 6.07) is 0. The van der Waals surface area contributed by atoms with E-state index >= 15 is 0 Å². The van der Waals surface area contributed by atoms with E-state index in [1.54, 1.807) is 6.08 Å². The Balaban J connectivity index is 1.33. The predicted molar refractivity (Wildman–Crippen MR) is 175 cm³/mol. The van der Waals surface area contributed by atoms with Gasteiger partial charge in [0, 0.05) is 24.6 Å². The van der Waals surface area contributed by atoms with E-state index in [4.69, 9.17) is 16.3 Å². The first kappa shape index (κ1) is 34.5. The highest BCUT2D eigenvalue weighted by Gasteiger charge is 2.41. The summed E-state index contributed by atoms with van der Waals surface area (Å²) in [5.41, 5.74) is 0.880. The first-order valence-corrected chi connectivity index (χ1v) is 16.7. The van der Waals surface area contributed by atoms with Crippen LogP contribution in [0.15, 0.2) is 82.9 Å². The number of piperidine rings is 1. The molecule has 2 unspecified atom stereocenters. The van der Waals surface area contributed by atoms with Crippen molar-refractivity contribution in [2.45, 2.75) is 70.8 Å². The number of carbonyl (C=O) groups excluding carboxylic acids is 1. The maximum Gasteiger partial charge on any atom is 0.434 e.